The van der Waals surface area contributed by atoms with Gasteiger partial charge in [-0.25, -0.2) is 4.79 Å². The van der Waals surface area contributed by atoms with Crippen LogP contribution in [0.3, 0.4) is 0 Å². The molecule has 22 heavy (non-hydrogen) atoms. The summed E-state index contributed by atoms with van der Waals surface area (Å²) < 4.78 is 5.90. The first-order valence-electron chi connectivity index (χ1n) is 6.29. The third kappa shape index (κ3) is 3.17. The molecule has 1 N–H and O–H groups in total. The molecule has 2 rings (SSSR count). The number of nitrogens with one attached hydrogen (secondary N) is 1. The zero-order valence-corrected chi connectivity index (χ0v) is 12.7. The molecule has 0 saturated carbocycles. The number of hydrogen-bond acceptors (Lipinski definition) is 4. The summed E-state index contributed by atoms with van der Waals surface area (Å²) in [5.74, 6) is -1.16. The highest BCUT2D eigenvalue weighted by Crippen LogP contribution is 2.23. The molecule has 7 heteroatoms. The maximum Gasteiger partial charge on any atom is 0.337 e. The average Bonchev–Trinajstić information content (AvgIpc) is 2.51. The van der Waals surface area contributed by atoms with Crippen molar-refractivity contribution in [3.8, 4) is 0 Å². The molecule has 0 aliphatic heterocycles. The van der Waals surface area contributed by atoms with Crippen molar-refractivity contribution in [1.82, 2.24) is 4.57 Å². The molecule has 1 aromatic heterocycles. The zero-order chi connectivity index (χ0) is 16.3. The number of aryl methyl sites for hydroxylation is 1. The molecule has 0 fully saturated rings. The van der Waals surface area contributed by atoms with Crippen LogP contribution in [0.25, 0.3) is 0 Å². The van der Waals surface area contributed by atoms with Gasteiger partial charge in [0.2, 0.25) is 0 Å². The van der Waals surface area contributed by atoms with E-state index in [9.17, 15) is 14.4 Å². The summed E-state index contributed by atoms with van der Waals surface area (Å²) in [5, 5.41) is 2.77. The maximum atomic E-state index is 12.2. The Morgan fingerprint density at radius 3 is 2.68 bits per heavy atom. The Morgan fingerprint density at radius 2 is 2.00 bits per heavy atom. The lowest BCUT2D eigenvalue weighted by Crippen LogP contribution is -2.27. The number of methoxy groups -OCH3 is 1. The van der Waals surface area contributed by atoms with Crippen LogP contribution in [0.5, 0.6) is 0 Å². The van der Waals surface area contributed by atoms with Crippen molar-refractivity contribution < 1.29 is 14.3 Å². The lowest BCUT2D eigenvalue weighted by atomic mass is 10.2. The quantitative estimate of drug-likeness (QED) is 0.878. The Bertz CT molecular complexity index is 798. The molecule has 0 unspecified atom stereocenters. The molecule has 2 aromatic rings. The number of rotatable bonds is 3. The van der Waals surface area contributed by atoms with E-state index in [1.165, 1.54) is 35.9 Å². The molecule has 0 atom stereocenters. The summed E-state index contributed by atoms with van der Waals surface area (Å²) in [5.41, 5.74) is 0.00780. The first-order valence-corrected chi connectivity index (χ1v) is 6.66. The number of anilines is 1. The van der Waals surface area contributed by atoms with Gasteiger partial charge < -0.3 is 14.6 Å². The number of pyridine rings is 1. The Labute approximate surface area is 131 Å². The summed E-state index contributed by atoms with van der Waals surface area (Å²) in [6.07, 6.45) is 1.55. The smallest absolute Gasteiger partial charge is 0.337 e. The van der Waals surface area contributed by atoms with E-state index in [1.807, 2.05) is 0 Å². The second kappa shape index (κ2) is 6.44. The van der Waals surface area contributed by atoms with Gasteiger partial charge in [0.15, 0.2) is 0 Å². The number of amides is 1. The second-order valence-corrected chi connectivity index (χ2v) is 4.89. The summed E-state index contributed by atoms with van der Waals surface area (Å²) >= 11 is 6.00. The number of hydrogen-bond donors (Lipinski definition) is 1. The number of nitrogens with zero attached hydrogens (tertiary/aromatic N) is 1. The van der Waals surface area contributed by atoms with Crippen LogP contribution in [0.1, 0.15) is 20.7 Å². The molecule has 114 valence electrons. The molecule has 0 aliphatic rings. The van der Waals surface area contributed by atoms with Crippen molar-refractivity contribution in [3.05, 3.63) is 63.0 Å². The molecule has 0 aliphatic carbocycles. The molecule has 0 bridgehead atoms. The number of carbonyl (C=O) groups is 2. The third-order valence-electron chi connectivity index (χ3n) is 3.00. The van der Waals surface area contributed by atoms with Crippen LogP contribution < -0.4 is 10.9 Å². The van der Waals surface area contributed by atoms with Gasteiger partial charge in [-0.05, 0) is 30.3 Å². The molecule has 0 saturated heterocycles. The lowest BCUT2D eigenvalue weighted by molar-refractivity contribution is 0.0600. The highest BCUT2D eigenvalue weighted by molar-refractivity contribution is 6.34. The Kier molecular flexibility index (Phi) is 4.62. The number of esters is 1. The van der Waals surface area contributed by atoms with Crippen LogP contribution in [-0.4, -0.2) is 23.6 Å². The van der Waals surface area contributed by atoms with Gasteiger partial charge in [-0.2, -0.15) is 0 Å². The largest absolute Gasteiger partial charge is 0.465 e. The van der Waals surface area contributed by atoms with E-state index in [2.05, 4.69) is 10.1 Å². The molecule has 1 amide bonds. The van der Waals surface area contributed by atoms with Gasteiger partial charge in [-0.3, -0.25) is 9.59 Å². The van der Waals surface area contributed by atoms with Crippen LogP contribution in [0.4, 0.5) is 5.69 Å². The van der Waals surface area contributed by atoms with Gasteiger partial charge in [-0.15, -0.1) is 0 Å². The summed E-state index contributed by atoms with van der Waals surface area (Å²) in [7, 11) is 2.80. The summed E-state index contributed by atoms with van der Waals surface area (Å²) in [4.78, 5) is 35.6. The number of halogens is 1. The fourth-order valence-electron chi connectivity index (χ4n) is 1.83. The zero-order valence-electron chi connectivity index (χ0n) is 11.9. The highest BCUT2D eigenvalue weighted by Gasteiger charge is 2.15. The van der Waals surface area contributed by atoms with Gasteiger partial charge in [0, 0.05) is 13.2 Å². The number of ether oxygens (including phenoxy) is 1. The minimum Gasteiger partial charge on any atom is -0.465 e. The predicted octanol–water partition coefficient (Wildman–Crippen LogP) is 2.08. The molecule has 6 nitrogen and oxygen atoms in total. The van der Waals surface area contributed by atoms with Gasteiger partial charge in [0.05, 0.1) is 23.4 Å². The predicted molar refractivity (Wildman–Crippen MR) is 82.4 cm³/mol. The van der Waals surface area contributed by atoms with E-state index in [1.54, 1.807) is 19.3 Å². The lowest BCUT2D eigenvalue weighted by Gasteiger charge is -2.09. The van der Waals surface area contributed by atoms with Crippen LogP contribution >= 0.6 is 11.6 Å². The number of carbonyl (C=O) groups excluding carboxylic acids is 2. The van der Waals surface area contributed by atoms with E-state index in [0.29, 0.717) is 0 Å². The standard InChI is InChI=1S/C15H13ClN2O4/c1-18-7-3-4-10(14(18)20)13(19)17-12-8-9(15(21)22-2)5-6-11(12)16/h3-8H,1-2H3,(H,17,19). The fourth-order valence-corrected chi connectivity index (χ4v) is 1.99. The van der Waals surface area contributed by atoms with Crippen molar-refractivity contribution in [2.24, 2.45) is 7.05 Å². The van der Waals surface area contributed by atoms with E-state index < -0.39 is 17.4 Å². The van der Waals surface area contributed by atoms with Gasteiger partial charge in [0.25, 0.3) is 11.5 Å². The van der Waals surface area contributed by atoms with Crippen LogP contribution in [0.15, 0.2) is 41.3 Å². The molecular formula is C15H13ClN2O4. The minimum atomic E-state index is -0.606. The van der Waals surface area contributed by atoms with Gasteiger partial charge in [0.1, 0.15) is 5.56 Å². The van der Waals surface area contributed by atoms with E-state index in [4.69, 9.17) is 11.6 Å². The van der Waals surface area contributed by atoms with E-state index in [-0.39, 0.29) is 21.8 Å². The first-order chi connectivity index (χ1) is 10.4. The van der Waals surface area contributed by atoms with Crippen molar-refractivity contribution in [2.45, 2.75) is 0 Å². The SMILES string of the molecule is COC(=O)c1ccc(Cl)c(NC(=O)c2cccn(C)c2=O)c1. The third-order valence-corrected chi connectivity index (χ3v) is 3.33. The Morgan fingerprint density at radius 1 is 1.27 bits per heavy atom. The second-order valence-electron chi connectivity index (χ2n) is 4.48. The molecule has 1 heterocycles. The summed E-state index contributed by atoms with van der Waals surface area (Å²) in [6.45, 7) is 0. The first kappa shape index (κ1) is 15.8. The van der Waals surface area contributed by atoms with Crippen molar-refractivity contribution >= 4 is 29.2 Å². The van der Waals surface area contributed by atoms with Crippen LogP contribution in [-0.2, 0) is 11.8 Å². The number of aromatic nitrogens is 1. The van der Waals surface area contributed by atoms with E-state index in [0.717, 1.165) is 0 Å². The topological polar surface area (TPSA) is 77.4 Å². The fraction of sp³-hybridized carbons (Fsp3) is 0.133. The Balaban J connectivity index is 2.34. The molecule has 1 aromatic carbocycles. The van der Waals surface area contributed by atoms with E-state index >= 15 is 0 Å². The molecule has 0 spiro atoms. The van der Waals surface area contributed by atoms with Crippen molar-refractivity contribution in [1.29, 1.82) is 0 Å². The maximum absolute atomic E-state index is 12.2. The molecular weight excluding hydrogens is 308 g/mol. The normalized spacial score (nSPS) is 10.1. The van der Waals surface area contributed by atoms with Gasteiger partial charge >= 0.3 is 5.97 Å². The van der Waals surface area contributed by atoms with Gasteiger partial charge in [-0.1, -0.05) is 11.6 Å². The Hall–Kier alpha value is -2.60. The van der Waals surface area contributed by atoms with Crippen LogP contribution in [0, 0.1) is 0 Å². The van der Waals surface area contributed by atoms with Crippen molar-refractivity contribution in [3.63, 3.8) is 0 Å². The van der Waals surface area contributed by atoms with Crippen LogP contribution in [0.2, 0.25) is 5.02 Å². The highest BCUT2D eigenvalue weighted by atomic mass is 35.5. The monoisotopic (exact) mass is 320 g/mol. The molecule has 0 radical (unpaired) electrons. The summed E-state index contributed by atoms with van der Waals surface area (Å²) in [6, 6.07) is 7.33. The average molecular weight is 321 g/mol. The van der Waals surface area contributed by atoms with Crippen molar-refractivity contribution in [2.75, 3.05) is 12.4 Å². The number of benzene rings is 1. The minimum absolute atomic E-state index is 0.0236.